The lowest BCUT2D eigenvalue weighted by molar-refractivity contribution is 0.123. The van der Waals surface area contributed by atoms with E-state index in [4.69, 9.17) is 13.3 Å². The topological polar surface area (TPSA) is 27.7 Å². The highest BCUT2D eigenvalue weighted by Gasteiger charge is 2.12. The Kier molecular flexibility index (Phi) is 8.91. The van der Waals surface area contributed by atoms with E-state index in [-0.39, 0.29) is 1.43 Å². The minimum Gasteiger partial charge on any atom is -0.372 e. The van der Waals surface area contributed by atoms with E-state index < -0.39 is 9.53 Å². The fraction of sp³-hybridized carbons (Fsp3) is 0.333. The minimum absolute atomic E-state index is 0. The number of hydrogen-bond donors (Lipinski definition) is 0. The van der Waals surface area contributed by atoms with E-state index in [0.29, 0.717) is 19.8 Å². The lowest BCUT2D eigenvalue weighted by atomic mass is 10.7. The lowest BCUT2D eigenvalue weighted by Crippen LogP contribution is -2.27. The maximum absolute atomic E-state index is 5.28. The maximum atomic E-state index is 5.28. The molecule has 0 saturated heterocycles. The molecule has 13 heavy (non-hydrogen) atoms. The van der Waals surface area contributed by atoms with Gasteiger partial charge in [-0.15, -0.1) is 19.7 Å². The summed E-state index contributed by atoms with van der Waals surface area (Å²) in [6.45, 7) is 12.0. The van der Waals surface area contributed by atoms with E-state index in [2.05, 4.69) is 19.7 Å². The molecule has 0 aromatic rings. The van der Waals surface area contributed by atoms with Crippen LogP contribution in [0.25, 0.3) is 0 Å². The van der Waals surface area contributed by atoms with Crippen molar-refractivity contribution in [2.24, 2.45) is 0 Å². The molecule has 0 radical (unpaired) electrons. The predicted molar refractivity (Wildman–Crippen MR) is 57.7 cm³/mol. The summed E-state index contributed by atoms with van der Waals surface area (Å²) in [6.07, 6.45) is 4.98. The molecule has 0 bridgehead atoms. The van der Waals surface area contributed by atoms with Gasteiger partial charge in [0.25, 0.3) is 0 Å². The second-order valence-corrected chi connectivity index (χ2v) is 3.73. The van der Waals surface area contributed by atoms with E-state index in [0.717, 1.165) is 0 Å². The van der Waals surface area contributed by atoms with Gasteiger partial charge in [-0.25, -0.2) is 0 Å². The van der Waals surface area contributed by atoms with Crippen LogP contribution >= 0.6 is 0 Å². The smallest absolute Gasteiger partial charge is 0.372 e. The van der Waals surface area contributed by atoms with Crippen molar-refractivity contribution >= 4 is 9.53 Å². The average molecular weight is 202 g/mol. The molecular formula is C9H18O3Si. The first-order valence-corrected chi connectivity index (χ1v) is 5.44. The van der Waals surface area contributed by atoms with Gasteiger partial charge in [-0.3, -0.25) is 0 Å². The molecule has 0 aromatic heterocycles. The van der Waals surface area contributed by atoms with Crippen molar-refractivity contribution in [3.8, 4) is 0 Å². The van der Waals surface area contributed by atoms with Gasteiger partial charge in [0.15, 0.2) is 0 Å². The molecule has 0 N–H and O–H groups in total. The van der Waals surface area contributed by atoms with Crippen molar-refractivity contribution < 1.29 is 14.7 Å². The third-order valence-electron chi connectivity index (χ3n) is 1.05. The van der Waals surface area contributed by atoms with Crippen molar-refractivity contribution in [3.63, 3.8) is 0 Å². The van der Waals surface area contributed by atoms with Crippen LogP contribution in [0.5, 0.6) is 0 Å². The Morgan fingerprint density at radius 3 is 1.38 bits per heavy atom. The fourth-order valence-corrected chi connectivity index (χ4v) is 1.75. The van der Waals surface area contributed by atoms with Gasteiger partial charge >= 0.3 is 9.53 Å². The first kappa shape index (κ1) is 12.3. The summed E-state index contributed by atoms with van der Waals surface area (Å²) in [5.74, 6) is 0. The molecule has 0 aromatic carbocycles. The molecule has 0 saturated carbocycles. The summed E-state index contributed by atoms with van der Waals surface area (Å²) in [6, 6.07) is 0. The molecule has 0 amide bonds. The van der Waals surface area contributed by atoms with Crippen LogP contribution in [0.1, 0.15) is 1.43 Å². The first-order chi connectivity index (χ1) is 6.35. The minimum atomic E-state index is -2.00. The fourth-order valence-electron chi connectivity index (χ4n) is 0.584. The van der Waals surface area contributed by atoms with Crippen LogP contribution in [0.15, 0.2) is 38.0 Å². The van der Waals surface area contributed by atoms with Crippen molar-refractivity contribution in [3.05, 3.63) is 38.0 Å². The largest absolute Gasteiger partial charge is 0.485 e. The second kappa shape index (κ2) is 9.41. The zero-order valence-corrected chi connectivity index (χ0v) is 8.93. The second-order valence-electron chi connectivity index (χ2n) is 2.15. The molecule has 0 heterocycles. The molecule has 3 nitrogen and oxygen atoms in total. The molecule has 0 unspecified atom stereocenters. The standard InChI is InChI=1S/C9H16O3Si.H2/c1-4-7-10-13(11-8-5-2)12-9-6-3;/h4-6,13H,1-3,7-9H2;1H. The Bertz CT molecular complexity index is 136. The summed E-state index contributed by atoms with van der Waals surface area (Å²) in [5.41, 5.74) is 0. The predicted octanol–water partition coefficient (Wildman–Crippen LogP) is 1.56. The van der Waals surface area contributed by atoms with Crippen molar-refractivity contribution in [1.29, 1.82) is 0 Å². The monoisotopic (exact) mass is 202 g/mol. The maximum Gasteiger partial charge on any atom is 0.485 e. The van der Waals surface area contributed by atoms with Crippen LogP contribution in [-0.2, 0) is 13.3 Å². The SMILES string of the molecule is C=CCO[SiH](OCC=C)OCC=C.[HH]. The molecule has 76 valence electrons. The van der Waals surface area contributed by atoms with Gasteiger partial charge in [-0.1, -0.05) is 18.2 Å². The van der Waals surface area contributed by atoms with Gasteiger partial charge in [-0.05, 0) is 0 Å². The highest BCUT2D eigenvalue weighted by Crippen LogP contribution is 1.93. The van der Waals surface area contributed by atoms with E-state index >= 15 is 0 Å². The summed E-state index contributed by atoms with van der Waals surface area (Å²) in [5, 5.41) is 0. The number of rotatable bonds is 9. The highest BCUT2D eigenvalue weighted by atomic mass is 28.3. The van der Waals surface area contributed by atoms with Crippen molar-refractivity contribution in [2.45, 2.75) is 0 Å². The van der Waals surface area contributed by atoms with Gasteiger partial charge in [-0.2, -0.15) is 0 Å². The summed E-state index contributed by atoms with van der Waals surface area (Å²) < 4.78 is 15.8. The van der Waals surface area contributed by atoms with Crippen molar-refractivity contribution in [1.82, 2.24) is 0 Å². The van der Waals surface area contributed by atoms with Gasteiger partial charge in [0.1, 0.15) is 0 Å². The quantitative estimate of drug-likeness (QED) is 0.419. The molecule has 0 aliphatic carbocycles. The third-order valence-corrected chi connectivity index (χ3v) is 2.44. The van der Waals surface area contributed by atoms with E-state index in [1.54, 1.807) is 18.2 Å². The normalized spacial score (nSPS) is 9.92. The Labute approximate surface area is 82.8 Å². The van der Waals surface area contributed by atoms with Crippen LogP contribution in [0.3, 0.4) is 0 Å². The molecular weight excluding hydrogens is 184 g/mol. The van der Waals surface area contributed by atoms with Crippen LogP contribution < -0.4 is 0 Å². The Morgan fingerprint density at radius 2 is 1.15 bits per heavy atom. The molecule has 0 aliphatic heterocycles. The zero-order valence-electron chi connectivity index (χ0n) is 7.78. The third kappa shape index (κ3) is 7.67. The van der Waals surface area contributed by atoms with Crippen molar-refractivity contribution in [2.75, 3.05) is 19.8 Å². The Balaban J connectivity index is 0. The Hall–Kier alpha value is -0.683. The Morgan fingerprint density at radius 1 is 0.846 bits per heavy atom. The van der Waals surface area contributed by atoms with Crippen LogP contribution in [0, 0.1) is 0 Å². The molecule has 4 heteroatoms. The van der Waals surface area contributed by atoms with Crippen LogP contribution in [0.4, 0.5) is 0 Å². The summed E-state index contributed by atoms with van der Waals surface area (Å²) >= 11 is 0. The van der Waals surface area contributed by atoms with E-state index in [1.807, 2.05) is 0 Å². The highest BCUT2D eigenvalue weighted by molar-refractivity contribution is 6.36. The molecule has 0 rings (SSSR count). The molecule has 0 fully saturated rings. The van der Waals surface area contributed by atoms with Gasteiger partial charge in [0, 0.05) is 1.43 Å². The van der Waals surface area contributed by atoms with Crippen LogP contribution in [-0.4, -0.2) is 29.3 Å². The van der Waals surface area contributed by atoms with E-state index in [9.17, 15) is 0 Å². The average Bonchev–Trinajstić information content (AvgIpc) is 2.17. The lowest BCUT2D eigenvalue weighted by Gasteiger charge is -2.13. The number of hydrogen-bond acceptors (Lipinski definition) is 3. The van der Waals surface area contributed by atoms with Crippen LogP contribution in [0.2, 0.25) is 0 Å². The van der Waals surface area contributed by atoms with Gasteiger partial charge in [0.2, 0.25) is 0 Å². The van der Waals surface area contributed by atoms with Gasteiger partial charge in [0.05, 0.1) is 19.8 Å². The molecule has 0 aliphatic rings. The van der Waals surface area contributed by atoms with E-state index in [1.165, 1.54) is 0 Å². The summed E-state index contributed by atoms with van der Waals surface area (Å²) in [7, 11) is -2.00. The summed E-state index contributed by atoms with van der Waals surface area (Å²) in [4.78, 5) is 0. The first-order valence-electron chi connectivity index (χ1n) is 4.02. The molecule has 0 spiro atoms. The molecule has 0 atom stereocenters. The zero-order chi connectivity index (χ0) is 9.94. The van der Waals surface area contributed by atoms with Gasteiger partial charge < -0.3 is 13.3 Å².